The van der Waals surface area contributed by atoms with E-state index in [1.165, 1.54) is 6.07 Å². The van der Waals surface area contributed by atoms with Gasteiger partial charge in [-0.25, -0.2) is 0 Å². The number of nitriles is 1. The van der Waals surface area contributed by atoms with E-state index in [1.54, 1.807) is 6.07 Å². The second-order valence-electron chi connectivity index (χ2n) is 3.30. The third-order valence-corrected chi connectivity index (χ3v) is 2.35. The van der Waals surface area contributed by atoms with Crippen LogP contribution in [0.5, 0.6) is 0 Å². The number of aromatic amines is 1. The van der Waals surface area contributed by atoms with E-state index in [0.717, 1.165) is 0 Å². The Labute approximate surface area is 86.9 Å². The third-order valence-electron chi connectivity index (χ3n) is 2.35. The number of hydrogen-bond donors (Lipinski definition) is 1. The van der Waals surface area contributed by atoms with E-state index >= 15 is 0 Å². The largest absolute Gasteiger partial charge is 0.378 e. The van der Waals surface area contributed by atoms with Crippen LogP contribution in [0.15, 0.2) is 16.9 Å². The van der Waals surface area contributed by atoms with Crippen LogP contribution in [0.3, 0.4) is 0 Å². The van der Waals surface area contributed by atoms with Crippen molar-refractivity contribution in [1.29, 1.82) is 5.26 Å². The molecule has 0 radical (unpaired) electrons. The van der Waals surface area contributed by atoms with Crippen molar-refractivity contribution in [3.05, 3.63) is 28.0 Å². The molecular weight excluding hydrogens is 194 g/mol. The van der Waals surface area contributed by atoms with Gasteiger partial charge >= 0.3 is 0 Å². The van der Waals surface area contributed by atoms with Gasteiger partial charge in [-0.15, -0.1) is 0 Å². The first-order chi connectivity index (χ1) is 7.31. The summed E-state index contributed by atoms with van der Waals surface area (Å²) in [6.07, 6.45) is 0. The molecule has 1 fully saturated rings. The molecular formula is C10H11N3O2. The number of hydrogen-bond acceptors (Lipinski definition) is 4. The average Bonchev–Trinajstić information content (AvgIpc) is 2.30. The predicted octanol–water partition coefficient (Wildman–Crippen LogP) is 0.0832. The molecule has 15 heavy (non-hydrogen) atoms. The maximum Gasteiger partial charge on any atom is 0.249 e. The van der Waals surface area contributed by atoms with Gasteiger partial charge in [-0.1, -0.05) is 0 Å². The molecule has 1 saturated heterocycles. The number of ether oxygens (including phenoxy) is 1. The number of aromatic nitrogens is 1. The molecule has 1 aliphatic heterocycles. The molecule has 5 heteroatoms. The van der Waals surface area contributed by atoms with E-state index in [-0.39, 0.29) is 5.56 Å². The first-order valence-corrected chi connectivity index (χ1v) is 4.77. The predicted molar refractivity (Wildman–Crippen MR) is 54.8 cm³/mol. The first kappa shape index (κ1) is 9.74. The van der Waals surface area contributed by atoms with Crippen LogP contribution in [0, 0.1) is 11.3 Å². The molecule has 0 bridgehead atoms. The number of morpholine rings is 1. The standard InChI is InChI=1S/C10H11N3O2/c11-7-8-1-2-9(14)12-10(8)13-3-5-15-6-4-13/h1-2H,3-6H2,(H,12,14). The van der Waals surface area contributed by atoms with Crippen LogP contribution in [-0.2, 0) is 4.74 Å². The Hall–Kier alpha value is -1.80. The number of nitrogens with one attached hydrogen (secondary N) is 1. The molecule has 5 nitrogen and oxygen atoms in total. The smallest absolute Gasteiger partial charge is 0.249 e. The van der Waals surface area contributed by atoms with Crippen molar-refractivity contribution in [3.63, 3.8) is 0 Å². The summed E-state index contributed by atoms with van der Waals surface area (Å²) < 4.78 is 5.21. The SMILES string of the molecule is N#Cc1ccc(=O)[nH]c1N1CCOCC1. The van der Waals surface area contributed by atoms with Gasteiger partial charge in [0.05, 0.1) is 18.8 Å². The maximum absolute atomic E-state index is 11.2. The molecule has 78 valence electrons. The van der Waals surface area contributed by atoms with Crippen molar-refractivity contribution in [3.8, 4) is 6.07 Å². The van der Waals surface area contributed by atoms with E-state index in [1.807, 2.05) is 4.90 Å². The van der Waals surface area contributed by atoms with Crippen molar-refractivity contribution >= 4 is 5.82 Å². The minimum absolute atomic E-state index is 0.185. The van der Waals surface area contributed by atoms with Crippen molar-refractivity contribution in [2.75, 3.05) is 31.2 Å². The van der Waals surface area contributed by atoms with Crippen LogP contribution in [-0.4, -0.2) is 31.3 Å². The summed E-state index contributed by atoms with van der Waals surface area (Å²) in [5.41, 5.74) is 0.312. The molecule has 0 spiro atoms. The molecule has 2 rings (SSSR count). The van der Waals surface area contributed by atoms with Crippen molar-refractivity contribution in [1.82, 2.24) is 4.98 Å². The van der Waals surface area contributed by atoms with Crippen LogP contribution in [0.2, 0.25) is 0 Å². The van der Waals surface area contributed by atoms with Crippen LogP contribution in [0.1, 0.15) is 5.56 Å². The molecule has 0 saturated carbocycles. The van der Waals surface area contributed by atoms with Crippen LogP contribution in [0.25, 0.3) is 0 Å². The Morgan fingerprint density at radius 1 is 1.40 bits per heavy atom. The molecule has 1 aliphatic rings. The van der Waals surface area contributed by atoms with Gasteiger partial charge in [0.1, 0.15) is 11.9 Å². The summed E-state index contributed by atoms with van der Waals surface area (Å²) in [5.74, 6) is 0.605. The molecule has 1 aromatic rings. The fraction of sp³-hybridized carbons (Fsp3) is 0.400. The molecule has 1 N–H and O–H groups in total. The summed E-state index contributed by atoms with van der Waals surface area (Å²) >= 11 is 0. The number of H-pyrrole nitrogens is 1. The summed E-state index contributed by atoms with van der Waals surface area (Å²) in [7, 11) is 0. The van der Waals surface area contributed by atoms with Gasteiger partial charge in [0, 0.05) is 19.2 Å². The molecule has 1 aromatic heterocycles. The highest BCUT2D eigenvalue weighted by molar-refractivity contribution is 5.53. The summed E-state index contributed by atoms with van der Waals surface area (Å²) in [4.78, 5) is 15.8. The molecule has 0 unspecified atom stereocenters. The average molecular weight is 205 g/mol. The molecule has 2 heterocycles. The lowest BCUT2D eigenvalue weighted by Crippen LogP contribution is -2.38. The Morgan fingerprint density at radius 2 is 2.13 bits per heavy atom. The normalized spacial score (nSPS) is 16.1. The second-order valence-corrected chi connectivity index (χ2v) is 3.30. The Kier molecular flexibility index (Phi) is 2.70. The fourth-order valence-electron chi connectivity index (χ4n) is 1.59. The van der Waals surface area contributed by atoms with Gasteiger partial charge in [-0.3, -0.25) is 4.79 Å². The summed E-state index contributed by atoms with van der Waals surface area (Å²) in [5, 5.41) is 8.91. The minimum Gasteiger partial charge on any atom is -0.378 e. The van der Waals surface area contributed by atoms with Crippen LogP contribution >= 0.6 is 0 Å². The highest BCUT2D eigenvalue weighted by Crippen LogP contribution is 2.15. The topological polar surface area (TPSA) is 69.1 Å². The number of anilines is 1. The van der Waals surface area contributed by atoms with Crippen molar-refractivity contribution in [2.24, 2.45) is 0 Å². The Morgan fingerprint density at radius 3 is 2.80 bits per heavy atom. The zero-order chi connectivity index (χ0) is 10.7. The molecule has 0 aliphatic carbocycles. The number of nitrogens with zero attached hydrogens (tertiary/aromatic N) is 2. The Bertz CT molecular complexity index is 441. The summed E-state index contributed by atoms with van der Waals surface area (Å²) in [6.45, 7) is 2.66. The molecule has 0 atom stereocenters. The minimum atomic E-state index is -0.185. The highest BCUT2D eigenvalue weighted by Gasteiger charge is 2.15. The van der Waals surface area contributed by atoms with Gasteiger partial charge < -0.3 is 14.6 Å². The van der Waals surface area contributed by atoms with Gasteiger partial charge in [0.2, 0.25) is 5.56 Å². The molecule has 0 amide bonds. The van der Waals surface area contributed by atoms with E-state index in [4.69, 9.17) is 10.00 Å². The lowest BCUT2D eigenvalue weighted by Gasteiger charge is -2.28. The van der Waals surface area contributed by atoms with E-state index in [9.17, 15) is 4.79 Å². The lowest BCUT2D eigenvalue weighted by atomic mass is 10.2. The zero-order valence-electron chi connectivity index (χ0n) is 8.19. The van der Waals surface area contributed by atoms with Gasteiger partial charge in [0.15, 0.2) is 0 Å². The zero-order valence-corrected chi connectivity index (χ0v) is 8.19. The van der Waals surface area contributed by atoms with Gasteiger partial charge in [-0.05, 0) is 6.07 Å². The van der Waals surface area contributed by atoms with Gasteiger partial charge in [0.25, 0.3) is 0 Å². The van der Waals surface area contributed by atoms with E-state index in [2.05, 4.69) is 11.1 Å². The number of rotatable bonds is 1. The Balaban J connectivity index is 2.37. The second kappa shape index (κ2) is 4.15. The maximum atomic E-state index is 11.2. The van der Waals surface area contributed by atoms with Crippen molar-refractivity contribution < 1.29 is 4.74 Å². The van der Waals surface area contributed by atoms with E-state index < -0.39 is 0 Å². The fourth-order valence-corrected chi connectivity index (χ4v) is 1.59. The third kappa shape index (κ3) is 2.00. The van der Waals surface area contributed by atoms with Gasteiger partial charge in [-0.2, -0.15) is 5.26 Å². The van der Waals surface area contributed by atoms with Crippen LogP contribution < -0.4 is 10.5 Å². The highest BCUT2D eigenvalue weighted by atomic mass is 16.5. The lowest BCUT2D eigenvalue weighted by molar-refractivity contribution is 0.122. The van der Waals surface area contributed by atoms with E-state index in [0.29, 0.717) is 37.7 Å². The first-order valence-electron chi connectivity index (χ1n) is 4.77. The number of pyridine rings is 1. The summed E-state index contributed by atoms with van der Waals surface area (Å²) in [6, 6.07) is 4.98. The van der Waals surface area contributed by atoms with Crippen molar-refractivity contribution in [2.45, 2.75) is 0 Å². The molecule has 0 aromatic carbocycles. The quantitative estimate of drug-likeness (QED) is 0.705. The van der Waals surface area contributed by atoms with Crippen LogP contribution in [0.4, 0.5) is 5.82 Å². The monoisotopic (exact) mass is 205 g/mol.